The van der Waals surface area contributed by atoms with Gasteiger partial charge >= 0.3 is 0 Å². The molecule has 1 aliphatic rings. The molecule has 83 heavy (non-hydrogen) atoms. The van der Waals surface area contributed by atoms with Gasteiger partial charge in [0.2, 0.25) is 0 Å². The highest BCUT2D eigenvalue weighted by molar-refractivity contribution is 5.72. The van der Waals surface area contributed by atoms with Gasteiger partial charge in [-0.05, 0) is 146 Å². The molecule has 0 aliphatic carbocycles. The average Bonchev–Trinajstić information content (AvgIpc) is 3.63. The summed E-state index contributed by atoms with van der Waals surface area (Å²) in [5.41, 5.74) is 28.1. The number of nitrogens with zero attached hydrogens (tertiary/aromatic N) is 2. The quantitative estimate of drug-likeness (QED) is 0.135. The second-order valence-electron chi connectivity index (χ2n) is 34.5. The summed E-state index contributed by atoms with van der Waals surface area (Å²) in [6.45, 7) is 74.4. The minimum atomic E-state index is 0.00556. The van der Waals surface area contributed by atoms with E-state index < -0.39 is 0 Å². The van der Waals surface area contributed by atoms with Crippen molar-refractivity contribution in [2.45, 2.75) is 275 Å². The van der Waals surface area contributed by atoms with E-state index in [1.807, 2.05) is 0 Å². The Hall–Kier alpha value is -5.08. The molecule has 4 atom stereocenters. The van der Waals surface area contributed by atoms with E-state index in [4.69, 9.17) is 0 Å². The standard InChI is InChI=1S/C81H116N2/c1-50-33-68(52(3)56-37-60(74(7,8)9)45-61(38-56)75(10,11)12)72(69(34-50)53(4)57-39-62(76(13,14)15)46-63(40-57)77(16,17)18)82-31-32-83(49-82)73-70(54(5)58-41-64(78(19,20)21)47-65(42-58)79(22,23)24)35-51(2)36-71(73)55(6)59-43-66(80(25,26)27)48-67(44-59)81(28,29)30/h33-48,52-55H,31-32,49H2,1-30H3/t52-,53-,54-,55-/m1/s1. The maximum atomic E-state index is 2.81. The Labute approximate surface area is 510 Å². The summed E-state index contributed by atoms with van der Waals surface area (Å²) in [6.07, 6.45) is 0. The van der Waals surface area contributed by atoms with Crippen molar-refractivity contribution in [1.29, 1.82) is 0 Å². The first kappa shape index (κ1) is 65.5. The van der Waals surface area contributed by atoms with Crippen LogP contribution in [0.1, 0.15) is 318 Å². The normalized spacial score (nSPS) is 15.9. The molecule has 0 amide bonds. The van der Waals surface area contributed by atoms with E-state index in [1.165, 1.54) is 112 Å². The van der Waals surface area contributed by atoms with Crippen molar-refractivity contribution >= 4 is 11.4 Å². The Morgan fingerprint density at radius 3 is 0.554 bits per heavy atom. The van der Waals surface area contributed by atoms with E-state index in [0.717, 1.165) is 19.8 Å². The largest absolute Gasteiger partial charge is 0.352 e. The predicted octanol–water partition coefficient (Wildman–Crippen LogP) is 22.6. The molecule has 0 aromatic heterocycles. The number of hydrogen-bond acceptors (Lipinski definition) is 2. The molecule has 0 unspecified atom stereocenters. The van der Waals surface area contributed by atoms with Crippen LogP contribution in [0.25, 0.3) is 0 Å². The fourth-order valence-corrected chi connectivity index (χ4v) is 12.5. The molecule has 450 valence electrons. The molecular formula is C81H116N2. The Bertz CT molecular complexity index is 2760. The average molecular weight is 1120 g/mol. The first-order chi connectivity index (χ1) is 37.6. The van der Waals surface area contributed by atoms with Crippen molar-refractivity contribution in [3.63, 3.8) is 0 Å². The third-order valence-electron chi connectivity index (χ3n) is 18.9. The summed E-state index contributed by atoms with van der Waals surface area (Å²) in [4.78, 5) is 5.62. The topological polar surface area (TPSA) is 6.48 Å². The SMILES string of the molecule is Cc1cc([C@H](C)c2cc(C(C)(C)C)cc(C(C)(C)C)c2)c(N2CCN(c3c([C@H](C)c4cc(C(C)(C)C)cc(C(C)(C)C)c4)cc(C)cc3[C@H](C)c3cc(C(C)(C)C)cc(C(C)(C)C)c3)C2)c([C@H](C)c2cc(C(C)(C)C)cc(C(C)(C)C)c2)c1. The smallest absolute Gasteiger partial charge is 0.0904 e. The van der Waals surface area contributed by atoms with Gasteiger partial charge in [0.25, 0.3) is 0 Å². The van der Waals surface area contributed by atoms with E-state index in [-0.39, 0.29) is 67.0 Å². The van der Waals surface area contributed by atoms with Gasteiger partial charge in [-0.25, -0.2) is 0 Å². The third kappa shape index (κ3) is 14.6. The summed E-state index contributed by atoms with van der Waals surface area (Å²) >= 11 is 0. The van der Waals surface area contributed by atoms with E-state index in [1.54, 1.807) is 0 Å². The monoisotopic (exact) mass is 1120 g/mol. The highest BCUT2D eigenvalue weighted by Gasteiger charge is 2.36. The van der Waals surface area contributed by atoms with Gasteiger partial charge in [-0.15, -0.1) is 0 Å². The van der Waals surface area contributed by atoms with Gasteiger partial charge in [-0.3, -0.25) is 0 Å². The molecule has 0 spiro atoms. The van der Waals surface area contributed by atoms with Crippen LogP contribution in [0.5, 0.6) is 0 Å². The van der Waals surface area contributed by atoms with Gasteiger partial charge in [-0.1, -0.05) is 302 Å². The van der Waals surface area contributed by atoms with Gasteiger partial charge in [0, 0.05) is 48.1 Å². The second kappa shape index (κ2) is 22.6. The van der Waals surface area contributed by atoms with Crippen LogP contribution in [0.15, 0.2) is 97.1 Å². The van der Waals surface area contributed by atoms with Gasteiger partial charge in [0.1, 0.15) is 0 Å². The zero-order valence-electron chi connectivity index (χ0n) is 58.6. The van der Waals surface area contributed by atoms with Crippen molar-refractivity contribution in [2.75, 3.05) is 29.6 Å². The van der Waals surface area contributed by atoms with Crippen LogP contribution in [0.2, 0.25) is 0 Å². The maximum Gasteiger partial charge on any atom is 0.0904 e. The summed E-state index contributed by atoms with van der Waals surface area (Å²) in [7, 11) is 0. The number of benzene rings is 6. The van der Waals surface area contributed by atoms with Gasteiger partial charge in [-0.2, -0.15) is 0 Å². The van der Waals surface area contributed by atoms with Crippen molar-refractivity contribution in [3.8, 4) is 0 Å². The minimum Gasteiger partial charge on any atom is -0.352 e. The Kier molecular flexibility index (Phi) is 17.9. The van der Waals surface area contributed by atoms with Crippen molar-refractivity contribution in [1.82, 2.24) is 0 Å². The molecule has 0 bridgehead atoms. The van der Waals surface area contributed by atoms with Crippen LogP contribution < -0.4 is 9.80 Å². The van der Waals surface area contributed by atoms with E-state index in [0.29, 0.717) is 0 Å². The summed E-state index contributed by atoms with van der Waals surface area (Å²) in [5.74, 6) is 0.571. The van der Waals surface area contributed by atoms with Crippen molar-refractivity contribution < 1.29 is 0 Å². The molecule has 6 aromatic rings. The minimum absolute atomic E-state index is 0.00556. The lowest BCUT2D eigenvalue weighted by atomic mass is 9.76. The zero-order chi connectivity index (χ0) is 62.4. The van der Waals surface area contributed by atoms with Gasteiger partial charge in [0.15, 0.2) is 0 Å². The zero-order valence-corrected chi connectivity index (χ0v) is 58.6. The number of rotatable bonds is 10. The highest BCUT2D eigenvalue weighted by Crippen LogP contribution is 2.49. The lowest BCUT2D eigenvalue weighted by Crippen LogP contribution is -2.29. The van der Waals surface area contributed by atoms with Crippen LogP contribution >= 0.6 is 0 Å². The third-order valence-corrected chi connectivity index (χ3v) is 18.9. The predicted molar refractivity (Wildman–Crippen MR) is 367 cm³/mol. The molecule has 2 nitrogen and oxygen atoms in total. The van der Waals surface area contributed by atoms with Crippen molar-refractivity contribution in [2.24, 2.45) is 0 Å². The molecular weight excluding hydrogens is 1000 g/mol. The Morgan fingerprint density at radius 1 is 0.253 bits per heavy atom. The summed E-state index contributed by atoms with van der Waals surface area (Å²) < 4.78 is 0. The molecule has 1 heterocycles. The second-order valence-corrected chi connectivity index (χ2v) is 34.5. The first-order valence-electron chi connectivity index (χ1n) is 32.1. The maximum absolute atomic E-state index is 2.81. The number of anilines is 2. The Morgan fingerprint density at radius 2 is 0.410 bits per heavy atom. The fraction of sp³-hybridized carbons (Fsp3) is 0.556. The van der Waals surface area contributed by atoms with Gasteiger partial charge in [0.05, 0.1) is 6.67 Å². The highest BCUT2D eigenvalue weighted by atomic mass is 15.4. The Balaban J connectivity index is 1.54. The van der Waals surface area contributed by atoms with Crippen LogP contribution in [0.3, 0.4) is 0 Å². The molecule has 2 heteroatoms. The molecule has 0 radical (unpaired) electrons. The number of hydrogen-bond donors (Lipinski definition) is 0. The van der Waals surface area contributed by atoms with Crippen molar-refractivity contribution in [3.05, 3.63) is 197 Å². The molecule has 0 N–H and O–H groups in total. The fourth-order valence-electron chi connectivity index (χ4n) is 12.5. The lowest BCUT2D eigenvalue weighted by molar-refractivity contribution is 0.565. The van der Waals surface area contributed by atoms with Crippen LogP contribution in [-0.4, -0.2) is 19.8 Å². The van der Waals surface area contributed by atoms with Crippen LogP contribution in [-0.2, 0) is 43.3 Å². The first-order valence-corrected chi connectivity index (χ1v) is 32.1. The lowest BCUT2D eigenvalue weighted by Gasteiger charge is -2.35. The molecule has 6 aromatic carbocycles. The molecule has 0 saturated carbocycles. The molecule has 1 saturated heterocycles. The van der Waals surface area contributed by atoms with E-state index in [2.05, 4.69) is 315 Å². The molecule has 1 aliphatic heterocycles. The molecule has 1 fully saturated rings. The van der Waals surface area contributed by atoms with Gasteiger partial charge < -0.3 is 9.80 Å². The summed E-state index contributed by atoms with van der Waals surface area (Å²) in [5, 5.41) is 0. The van der Waals surface area contributed by atoms with Crippen LogP contribution in [0, 0.1) is 13.8 Å². The van der Waals surface area contributed by atoms with Crippen LogP contribution in [0.4, 0.5) is 11.4 Å². The van der Waals surface area contributed by atoms with E-state index >= 15 is 0 Å². The van der Waals surface area contributed by atoms with E-state index in [9.17, 15) is 0 Å². The number of aryl methyl sites for hydroxylation is 2. The summed E-state index contributed by atoms with van der Waals surface area (Å²) in [6, 6.07) is 40.5. The molecule has 7 rings (SSSR count).